The molecule has 0 aromatic carbocycles. The molecule has 1 amide bonds. The highest BCUT2D eigenvalue weighted by Crippen LogP contribution is 2.14. The lowest BCUT2D eigenvalue weighted by atomic mass is 10.2. The van der Waals surface area contributed by atoms with Gasteiger partial charge < -0.3 is 11.1 Å². The molecule has 0 fully saturated rings. The van der Waals surface area contributed by atoms with Crippen molar-refractivity contribution >= 4 is 39.8 Å². The number of amidine groups is 1. The Bertz CT molecular complexity index is 386. The van der Waals surface area contributed by atoms with Crippen LogP contribution in [0, 0.1) is 5.41 Å². The summed E-state index contributed by atoms with van der Waals surface area (Å²) in [4.78, 5) is 15.4. The fraction of sp³-hybridized carbons (Fsp3) is 0.222. The Morgan fingerprint density at radius 2 is 2.38 bits per heavy atom. The van der Waals surface area contributed by atoms with Crippen molar-refractivity contribution in [3.05, 3.63) is 29.6 Å². The fourth-order valence-electron chi connectivity index (χ4n) is 1.03. The summed E-state index contributed by atoms with van der Waals surface area (Å²) in [7, 11) is 1.55. The standard InChI is InChI=1S/C9H12N4OS.BrH/c1-12-8(14)7-6(3-2-4-13-7)5-15-9(10)11;/h2-4H,5H2,1H3,(H3,10,11)(H,12,14);1H. The maximum Gasteiger partial charge on any atom is 0.269 e. The molecule has 0 saturated carbocycles. The normalized spacial score (nSPS) is 9.06. The molecule has 0 aliphatic heterocycles. The molecular weight excluding hydrogens is 292 g/mol. The van der Waals surface area contributed by atoms with Crippen LogP contribution in [0.3, 0.4) is 0 Å². The number of rotatable bonds is 3. The van der Waals surface area contributed by atoms with Gasteiger partial charge in [-0.15, -0.1) is 17.0 Å². The summed E-state index contributed by atoms with van der Waals surface area (Å²) < 4.78 is 0. The fourth-order valence-corrected chi connectivity index (χ4v) is 1.58. The van der Waals surface area contributed by atoms with Gasteiger partial charge in [0, 0.05) is 19.0 Å². The van der Waals surface area contributed by atoms with E-state index in [1.807, 2.05) is 0 Å². The third kappa shape index (κ3) is 4.19. The maximum atomic E-state index is 11.4. The van der Waals surface area contributed by atoms with Crippen molar-refractivity contribution in [3.8, 4) is 0 Å². The summed E-state index contributed by atoms with van der Waals surface area (Å²) >= 11 is 1.17. The number of hydrogen-bond acceptors (Lipinski definition) is 4. The molecule has 7 heteroatoms. The van der Waals surface area contributed by atoms with Gasteiger partial charge in [-0.3, -0.25) is 15.2 Å². The van der Waals surface area contributed by atoms with Crippen LogP contribution in [0.2, 0.25) is 0 Å². The van der Waals surface area contributed by atoms with Crippen molar-refractivity contribution < 1.29 is 4.79 Å². The highest BCUT2D eigenvalue weighted by molar-refractivity contribution is 8.93. The second-order valence-electron chi connectivity index (χ2n) is 2.74. The number of amides is 1. The molecule has 0 bridgehead atoms. The average Bonchev–Trinajstić information content (AvgIpc) is 2.25. The summed E-state index contributed by atoms with van der Waals surface area (Å²) in [5.41, 5.74) is 6.38. The first kappa shape index (κ1) is 14.9. The van der Waals surface area contributed by atoms with E-state index in [4.69, 9.17) is 11.1 Å². The lowest BCUT2D eigenvalue weighted by molar-refractivity contribution is 0.0957. The highest BCUT2D eigenvalue weighted by atomic mass is 79.9. The van der Waals surface area contributed by atoms with Gasteiger partial charge in [0.15, 0.2) is 5.17 Å². The number of aromatic nitrogens is 1. The molecule has 1 aromatic rings. The van der Waals surface area contributed by atoms with Gasteiger partial charge in [-0.1, -0.05) is 17.8 Å². The van der Waals surface area contributed by atoms with E-state index < -0.39 is 0 Å². The molecule has 4 N–H and O–H groups in total. The van der Waals surface area contributed by atoms with E-state index in [1.165, 1.54) is 11.8 Å². The minimum atomic E-state index is -0.227. The molecule has 0 spiro atoms. The minimum absolute atomic E-state index is 0. The zero-order chi connectivity index (χ0) is 11.3. The monoisotopic (exact) mass is 304 g/mol. The highest BCUT2D eigenvalue weighted by Gasteiger charge is 2.10. The van der Waals surface area contributed by atoms with Crippen LogP contribution < -0.4 is 11.1 Å². The molecule has 1 aromatic heterocycles. The Morgan fingerprint density at radius 3 is 2.94 bits per heavy atom. The Balaban J connectivity index is 0.00000225. The summed E-state index contributed by atoms with van der Waals surface area (Å²) in [6.07, 6.45) is 1.56. The summed E-state index contributed by atoms with van der Waals surface area (Å²) in [5.74, 6) is 0.251. The SMILES string of the molecule is Br.CNC(=O)c1ncccc1CSC(=N)N. The Labute approximate surface area is 108 Å². The molecule has 88 valence electrons. The Morgan fingerprint density at radius 1 is 1.69 bits per heavy atom. The van der Waals surface area contributed by atoms with Crippen molar-refractivity contribution in [1.82, 2.24) is 10.3 Å². The molecule has 0 aliphatic rings. The van der Waals surface area contributed by atoms with Crippen LogP contribution in [0.25, 0.3) is 0 Å². The van der Waals surface area contributed by atoms with Gasteiger partial charge in [0.1, 0.15) is 5.69 Å². The van der Waals surface area contributed by atoms with Crippen LogP contribution >= 0.6 is 28.7 Å². The molecule has 1 heterocycles. The molecule has 1 rings (SSSR count). The molecule has 16 heavy (non-hydrogen) atoms. The van der Waals surface area contributed by atoms with Crippen LogP contribution in [0.15, 0.2) is 18.3 Å². The number of carbonyl (C=O) groups excluding carboxylic acids is 1. The second-order valence-corrected chi connectivity index (χ2v) is 3.76. The number of hydrogen-bond donors (Lipinski definition) is 3. The van der Waals surface area contributed by atoms with Gasteiger partial charge in [-0.2, -0.15) is 0 Å². The maximum absolute atomic E-state index is 11.4. The van der Waals surface area contributed by atoms with E-state index in [2.05, 4.69) is 10.3 Å². The molecule has 0 unspecified atom stereocenters. The van der Waals surface area contributed by atoms with Crippen molar-refractivity contribution in [3.63, 3.8) is 0 Å². The molecule has 0 saturated heterocycles. The van der Waals surface area contributed by atoms with Crippen LogP contribution in [-0.2, 0) is 5.75 Å². The quantitative estimate of drug-likeness (QED) is 0.577. The van der Waals surface area contributed by atoms with Gasteiger partial charge in [0.05, 0.1) is 0 Å². The molecule has 0 aliphatic carbocycles. The largest absolute Gasteiger partial charge is 0.379 e. The van der Waals surface area contributed by atoms with Crippen LogP contribution in [0.1, 0.15) is 16.1 Å². The molecule has 0 radical (unpaired) electrons. The number of nitrogens with zero attached hydrogens (tertiary/aromatic N) is 1. The number of thioether (sulfide) groups is 1. The summed E-state index contributed by atoms with van der Waals surface area (Å²) in [6, 6.07) is 3.55. The van der Waals surface area contributed by atoms with E-state index >= 15 is 0 Å². The van der Waals surface area contributed by atoms with Gasteiger partial charge >= 0.3 is 0 Å². The summed E-state index contributed by atoms with van der Waals surface area (Å²) in [6.45, 7) is 0. The molecule has 5 nitrogen and oxygen atoms in total. The third-order valence-electron chi connectivity index (χ3n) is 1.72. The van der Waals surface area contributed by atoms with Crippen LogP contribution in [0.4, 0.5) is 0 Å². The number of halogens is 1. The lowest BCUT2D eigenvalue weighted by Gasteiger charge is -2.05. The first-order valence-corrected chi connectivity index (χ1v) is 5.26. The first-order valence-electron chi connectivity index (χ1n) is 4.28. The molecule has 0 atom stereocenters. The number of carbonyl (C=O) groups is 1. The van der Waals surface area contributed by atoms with Gasteiger partial charge in [0.25, 0.3) is 5.91 Å². The summed E-state index contributed by atoms with van der Waals surface area (Å²) in [5, 5.41) is 9.63. The minimum Gasteiger partial charge on any atom is -0.379 e. The van der Waals surface area contributed by atoms with Gasteiger partial charge in [-0.25, -0.2) is 0 Å². The third-order valence-corrected chi connectivity index (χ3v) is 2.48. The topological polar surface area (TPSA) is 91.9 Å². The Kier molecular flexibility index (Phi) is 6.75. The molecular formula is C9H13BrN4OS. The van der Waals surface area contributed by atoms with Gasteiger partial charge in [-0.05, 0) is 11.6 Å². The smallest absolute Gasteiger partial charge is 0.269 e. The predicted molar refractivity (Wildman–Crippen MR) is 71.2 cm³/mol. The Hall–Kier alpha value is -1.08. The van der Waals surface area contributed by atoms with Crippen LogP contribution in [-0.4, -0.2) is 23.1 Å². The van der Waals surface area contributed by atoms with E-state index in [9.17, 15) is 4.79 Å². The predicted octanol–water partition coefficient (Wildman–Crippen LogP) is 1.15. The lowest BCUT2D eigenvalue weighted by Crippen LogP contribution is -2.21. The van der Waals surface area contributed by atoms with Crippen LogP contribution in [0.5, 0.6) is 0 Å². The van der Waals surface area contributed by atoms with E-state index in [0.717, 1.165) is 5.56 Å². The zero-order valence-corrected chi connectivity index (χ0v) is 11.2. The van der Waals surface area contributed by atoms with E-state index in [-0.39, 0.29) is 28.1 Å². The number of nitrogens with one attached hydrogen (secondary N) is 2. The first-order chi connectivity index (χ1) is 7.15. The number of pyridine rings is 1. The van der Waals surface area contributed by atoms with Gasteiger partial charge in [0.2, 0.25) is 0 Å². The van der Waals surface area contributed by atoms with Crippen molar-refractivity contribution in [1.29, 1.82) is 5.41 Å². The average molecular weight is 305 g/mol. The van der Waals surface area contributed by atoms with E-state index in [0.29, 0.717) is 11.4 Å². The second kappa shape index (κ2) is 7.24. The number of nitrogens with two attached hydrogens (primary N) is 1. The van der Waals surface area contributed by atoms with E-state index in [1.54, 1.807) is 25.4 Å². The van der Waals surface area contributed by atoms with Crippen molar-refractivity contribution in [2.45, 2.75) is 5.75 Å². The zero-order valence-electron chi connectivity index (χ0n) is 8.69. The van der Waals surface area contributed by atoms with Crippen molar-refractivity contribution in [2.75, 3.05) is 7.05 Å². The van der Waals surface area contributed by atoms with Crippen molar-refractivity contribution in [2.24, 2.45) is 5.73 Å².